The number of carbonyl (C=O) groups excluding carboxylic acids is 1. The first-order chi connectivity index (χ1) is 6.77. The lowest BCUT2D eigenvalue weighted by Crippen LogP contribution is -2.50. The van der Waals surface area contributed by atoms with Crippen LogP contribution in [0, 0.1) is 0 Å². The highest BCUT2D eigenvalue weighted by Gasteiger charge is 2.30. The van der Waals surface area contributed by atoms with Crippen molar-refractivity contribution >= 4 is 11.7 Å². The highest BCUT2D eigenvalue weighted by molar-refractivity contribution is 5.67. The summed E-state index contributed by atoms with van der Waals surface area (Å²) in [4.78, 5) is 12.9. The molecule has 1 aromatic carbocycles. The molecule has 1 aliphatic rings. The maximum Gasteiger partial charge on any atom is 0.304 e. The summed E-state index contributed by atoms with van der Waals surface area (Å²) in [5.74, 6) is -0.212. The maximum absolute atomic E-state index is 10.8. The standard InChI is InChI=1S/C11H13NO2/c1-9(13)14-11-7-8-12(11)10-5-3-2-4-6-10/h2-6,11H,7-8H2,1H3. The highest BCUT2D eigenvalue weighted by atomic mass is 16.6. The third-order valence-electron chi connectivity index (χ3n) is 2.35. The number of esters is 1. The molecule has 2 rings (SSSR count). The van der Waals surface area contributed by atoms with Crippen LogP contribution in [-0.2, 0) is 9.53 Å². The smallest absolute Gasteiger partial charge is 0.304 e. The second-order valence-corrected chi connectivity index (χ2v) is 3.38. The normalized spacial score (nSPS) is 20.1. The van der Waals surface area contributed by atoms with E-state index < -0.39 is 0 Å². The molecule has 74 valence electrons. The largest absolute Gasteiger partial charge is 0.442 e. The number of anilines is 1. The van der Waals surface area contributed by atoms with Crippen LogP contribution in [0.4, 0.5) is 5.69 Å². The van der Waals surface area contributed by atoms with Gasteiger partial charge in [0.15, 0.2) is 6.23 Å². The second kappa shape index (κ2) is 3.70. The fraction of sp³-hybridized carbons (Fsp3) is 0.364. The molecule has 1 unspecified atom stereocenters. The van der Waals surface area contributed by atoms with Crippen LogP contribution in [0.25, 0.3) is 0 Å². The van der Waals surface area contributed by atoms with Crippen LogP contribution < -0.4 is 4.90 Å². The molecule has 0 spiro atoms. The maximum atomic E-state index is 10.8. The molecule has 0 radical (unpaired) electrons. The van der Waals surface area contributed by atoms with Gasteiger partial charge in [0.2, 0.25) is 0 Å². The molecule has 1 fully saturated rings. The number of ether oxygens (including phenoxy) is 1. The molecular formula is C11H13NO2. The Morgan fingerprint density at radius 2 is 2.14 bits per heavy atom. The fourth-order valence-electron chi connectivity index (χ4n) is 1.59. The topological polar surface area (TPSA) is 29.5 Å². The lowest BCUT2D eigenvalue weighted by Gasteiger charge is -2.41. The van der Waals surface area contributed by atoms with Gasteiger partial charge in [0.05, 0.1) is 0 Å². The molecule has 3 heteroatoms. The van der Waals surface area contributed by atoms with E-state index in [1.165, 1.54) is 6.92 Å². The Bertz CT molecular complexity index is 323. The van der Waals surface area contributed by atoms with Crippen LogP contribution in [0.2, 0.25) is 0 Å². The Morgan fingerprint density at radius 1 is 1.43 bits per heavy atom. The third kappa shape index (κ3) is 1.71. The Kier molecular flexibility index (Phi) is 2.39. The van der Waals surface area contributed by atoms with Crippen molar-refractivity contribution in [2.75, 3.05) is 11.4 Å². The van der Waals surface area contributed by atoms with Crippen molar-refractivity contribution in [3.05, 3.63) is 30.3 Å². The van der Waals surface area contributed by atoms with Gasteiger partial charge in [-0.15, -0.1) is 0 Å². The van der Waals surface area contributed by atoms with E-state index in [0.717, 1.165) is 18.7 Å². The predicted octanol–water partition coefficient (Wildman–Crippen LogP) is 1.79. The van der Waals surface area contributed by atoms with E-state index in [2.05, 4.69) is 4.90 Å². The van der Waals surface area contributed by atoms with Gasteiger partial charge in [-0.1, -0.05) is 18.2 Å². The molecule has 1 heterocycles. The molecule has 0 N–H and O–H groups in total. The van der Waals surface area contributed by atoms with Gasteiger partial charge in [0.25, 0.3) is 0 Å². The van der Waals surface area contributed by atoms with E-state index in [1.54, 1.807) is 0 Å². The van der Waals surface area contributed by atoms with E-state index in [1.807, 2.05) is 30.3 Å². The van der Waals surface area contributed by atoms with Crippen molar-refractivity contribution in [1.82, 2.24) is 0 Å². The molecule has 14 heavy (non-hydrogen) atoms. The third-order valence-corrected chi connectivity index (χ3v) is 2.35. The van der Waals surface area contributed by atoms with Crippen LogP contribution >= 0.6 is 0 Å². The summed E-state index contributed by atoms with van der Waals surface area (Å²) in [6.45, 7) is 2.41. The Balaban J connectivity index is 2.03. The van der Waals surface area contributed by atoms with Crippen LogP contribution in [-0.4, -0.2) is 18.7 Å². The number of hydrogen-bond donors (Lipinski definition) is 0. The number of para-hydroxylation sites is 1. The van der Waals surface area contributed by atoms with Gasteiger partial charge in [-0.05, 0) is 12.1 Å². The van der Waals surface area contributed by atoms with Gasteiger partial charge in [-0.25, -0.2) is 0 Å². The molecule has 1 aromatic rings. The summed E-state index contributed by atoms with van der Waals surface area (Å²) >= 11 is 0. The minimum Gasteiger partial charge on any atom is -0.442 e. The van der Waals surface area contributed by atoms with Crippen LogP contribution in [0.15, 0.2) is 30.3 Å². The summed E-state index contributed by atoms with van der Waals surface area (Å²) < 4.78 is 5.14. The van der Waals surface area contributed by atoms with Crippen LogP contribution in [0.5, 0.6) is 0 Å². The summed E-state index contributed by atoms with van der Waals surface area (Å²) in [6.07, 6.45) is 0.865. The van der Waals surface area contributed by atoms with Crippen molar-refractivity contribution in [3.8, 4) is 0 Å². The number of nitrogens with zero attached hydrogens (tertiary/aromatic N) is 1. The molecule has 1 atom stereocenters. The number of carbonyl (C=O) groups is 1. The highest BCUT2D eigenvalue weighted by Crippen LogP contribution is 2.26. The zero-order valence-electron chi connectivity index (χ0n) is 8.14. The molecule has 0 aromatic heterocycles. The summed E-state index contributed by atoms with van der Waals surface area (Å²) in [6, 6.07) is 9.99. The fourth-order valence-corrected chi connectivity index (χ4v) is 1.59. The van der Waals surface area contributed by atoms with E-state index >= 15 is 0 Å². The van der Waals surface area contributed by atoms with Crippen LogP contribution in [0.3, 0.4) is 0 Å². The van der Waals surface area contributed by atoms with Crippen molar-refractivity contribution in [1.29, 1.82) is 0 Å². The number of rotatable bonds is 2. The minimum absolute atomic E-state index is 0.0603. The van der Waals surface area contributed by atoms with Crippen molar-refractivity contribution in [3.63, 3.8) is 0 Å². The van der Waals surface area contributed by atoms with E-state index in [4.69, 9.17) is 4.74 Å². The lowest BCUT2D eigenvalue weighted by atomic mass is 10.1. The van der Waals surface area contributed by atoms with Crippen molar-refractivity contribution in [2.24, 2.45) is 0 Å². The van der Waals surface area contributed by atoms with E-state index in [9.17, 15) is 4.79 Å². The van der Waals surface area contributed by atoms with E-state index in [0.29, 0.717) is 0 Å². The van der Waals surface area contributed by atoms with E-state index in [-0.39, 0.29) is 12.2 Å². The van der Waals surface area contributed by atoms with Crippen molar-refractivity contribution < 1.29 is 9.53 Å². The first-order valence-corrected chi connectivity index (χ1v) is 4.76. The Hall–Kier alpha value is -1.51. The molecule has 0 aliphatic carbocycles. The zero-order chi connectivity index (χ0) is 9.97. The van der Waals surface area contributed by atoms with Gasteiger partial charge >= 0.3 is 5.97 Å². The molecule has 3 nitrogen and oxygen atoms in total. The van der Waals surface area contributed by atoms with Crippen LogP contribution in [0.1, 0.15) is 13.3 Å². The Labute approximate surface area is 83.3 Å². The quantitative estimate of drug-likeness (QED) is 0.667. The average Bonchev–Trinajstić information content (AvgIpc) is 2.14. The second-order valence-electron chi connectivity index (χ2n) is 3.38. The van der Waals surface area contributed by atoms with Gasteiger partial charge in [0.1, 0.15) is 0 Å². The average molecular weight is 191 g/mol. The molecular weight excluding hydrogens is 178 g/mol. The first kappa shape index (κ1) is 9.06. The number of hydrogen-bond acceptors (Lipinski definition) is 3. The van der Waals surface area contributed by atoms with Gasteiger partial charge < -0.3 is 9.64 Å². The first-order valence-electron chi connectivity index (χ1n) is 4.76. The minimum atomic E-state index is -0.212. The zero-order valence-corrected chi connectivity index (χ0v) is 8.14. The summed E-state index contributed by atoms with van der Waals surface area (Å²) in [7, 11) is 0. The SMILES string of the molecule is CC(=O)OC1CCN1c1ccccc1. The van der Waals surface area contributed by atoms with Gasteiger partial charge in [-0.3, -0.25) is 4.79 Å². The molecule has 0 saturated carbocycles. The Morgan fingerprint density at radius 3 is 2.64 bits per heavy atom. The predicted molar refractivity (Wildman–Crippen MR) is 54.0 cm³/mol. The summed E-state index contributed by atoms with van der Waals surface area (Å²) in [5, 5.41) is 0. The summed E-state index contributed by atoms with van der Waals surface area (Å²) in [5.41, 5.74) is 1.12. The molecule has 1 saturated heterocycles. The van der Waals surface area contributed by atoms with Gasteiger partial charge in [-0.2, -0.15) is 0 Å². The van der Waals surface area contributed by atoms with Gasteiger partial charge in [0, 0.05) is 25.6 Å². The number of benzene rings is 1. The molecule has 0 amide bonds. The monoisotopic (exact) mass is 191 g/mol. The molecule has 1 aliphatic heterocycles. The van der Waals surface area contributed by atoms with Crippen molar-refractivity contribution in [2.45, 2.75) is 19.6 Å². The lowest BCUT2D eigenvalue weighted by molar-refractivity contribution is -0.148. The molecule has 0 bridgehead atoms.